The predicted octanol–water partition coefficient (Wildman–Crippen LogP) is 3.73. The third-order valence-corrected chi connectivity index (χ3v) is 3.00. The number of carbonyl (C=O) groups excluding carboxylic acids is 1. The van der Waals surface area contributed by atoms with E-state index in [2.05, 4.69) is 6.07 Å². The van der Waals surface area contributed by atoms with Crippen LogP contribution in [-0.2, 0) is 11.3 Å². The molecule has 0 aliphatic heterocycles. The van der Waals surface area contributed by atoms with Crippen LogP contribution < -0.4 is 4.74 Å². The fourth-order valence-corrected chi connectivity index (χ4v) is 1.83. The third-order valence-electron chi connectivity index (χ3n) is 3.00. The van der Waals surface area contributed by atoms with Crippen molar-refractivity contribution in [1.82, 2.24) is 0 Å². The molecular weight excluding hydrogens is 278 g/mol. The molecule has 0 aromatic heterocycles. The molecular formula is C18H17NO3. The Morgan fingerprint density at radius 3 is 2.45 bits per heavy atom. The van der Waals surface area contributed by atoms with Gasteiger partial charge in [-0.3, -0.25) is 0 Å². The Morgan fingerprint density at radius 2 is 1.77 bits per heavy atom. The quantitative estimate of drug-likeness (QED) is 0.577. The molecule has 0 heterocycles. The number of esters is 1. The maximum Gasteiger partial charge on any atom is 0.338 e. The molecule has 0 saturated heterocycles. The number of hydrogen-bond donors (Lipinski definition) is 0. The molecule has 0 saturated carbocycles. The van der Waals surface area contributed by atoms with E-state index < -0.39 is 0 Å². The molecule has 4 heteroatoms. The molecule has 0 amide bonds. The molecule has 2 rings (SSSR count). The average molecular weight is 295 g/mol. The summed E-state index contributed by atoms with van der Waals surface area (Å²) in [6.07, 6.45) is 1.17. The van der Waals surface area contributed by atoms with Crippen molar-refractivity contribution in [2.75, 3.05) is 6.61 Å². The maximum atomic E-state index is 11.9. The van der Waals surface area contributed by atoms with E-state index in [0.29, 0.717) is 30.8 Å². The van der Waals surface area contributed by atoms with Crippen LogP contribution in [0.25, 0.3) is 0 Å². The average Bonchev–Trinajstić information content (AvgIpc) is 2.58. The van der Waals surface area contributed by atoms with Gasteiger partial charge in [0.25, 0.3) is 0 Å². The fraction of sp³-hybridized carbons (Fsp3) is 0.222. The second-order valence-corrected chi connectivity index (χ2v) is 4.70. The highest BCUT2D eigenvalue weighted by atomic mass is 16.5. The Bertz CT molecular complexity index is 630. The minimum absolute atomic E-state index is 0.256. The molecule has 0 N–H and O–H groups in total. The van der Waals surface area contributed by atoms with Gasteiger partial charge in [0.15, 0.2) is 0 Å². The summed E-state index contributed by atoms with van der Waals surface area (Å²) in [5, 5.41) is 8.44. The van der Waals surface area contributed by atoms with Crippen molar-refractivity contribution in [3.63, 3.8) is 0 Å². The summed E-state index contributed by atoms with van der Waals surface area (Å²) in [5.74, 6) is 0.317. The zero-order valence-corrected chi connectivity index (χ0v) is 12.2. The lowest BCUT2D eigenvalue weighted by molar-refractivity contribution is 0.0472. The van der Waals surface area contributed by atoms with Crippen molar-refractivity contribution in [3.05, 3.63) is 65.7 Å². The smallest absolute Gasteiger partial charge is 0.338 e. The van der Waals surface area contributed by atoms with Crippen LogP contribution in [0.15, 0.2) is 54.6 Å². The highest BCUT2D eigenvalue weighted by molar-refractivity contribution is 5.89. The van der Waals surface area contributed by atoms with Gasteiger partial charge >= 0.3 is 5.97 Å². The van der Waals surface area contributed by atoms with Crippen LogP contribution in [0.1, 0.15) is 28.8 Å². The van der Waals surface area contributed by atoms with Crippen LogP contribution >= 0.6 is 0 Å². The number of ether oxygens (including phenoxy) is 2. The first-order valence-corrected chi connectivity index (χ1v) is 7.10. The van der Waals surface area contributed by atoms with Crippen molar-refractivity contribution in [3.8, 4) is 11.8 Å². The Balaban J connectivity index is 1.82. The number of carbonyl (C=O) groups is 1. The number of hydrogen-bond acceptors (Lipinski definition) is 4. The lowest BCUT2D eigenvalue weighted by Crippen LogP contribution is -2.05. The minimum Gasteiger partial charge on any atom is -0.494 e. The zero-order valence-electron chi connectivity index (χ0n) is 12.2. The summed E-state index contributed by atoms with van der Waals surface area (Å²) in [5.41, 5.74) is 1.44. The molecule has 2 aromatic carbocycles. The molecule has 0 radical (unpaired) electrons. The molecule has 0 aliphatic carbocycles. The van der Waals surface area contributed by atoms with Gasteiger partial charge in [-0.15, -0.1) is 0 Å². The Hall–Kier alpha value is -2.80. The second kappa shape index (κ2) is 8.48. The van der Waals surface area contributed by atoms with Gasteiger partial charge in [0, 0.05) is 6.42 Å². The Morgan fingerprint density at radius 1 is 1.05 bits per heavy atom. The van der Waals surface area contributed by atoms with E-state index in [0.717, 1.165) is 5.56 Å². The van der Waals surface area contributed by atoms with Gasteiger partial charge in [-0.2, -0.15) is 5.26 Å². The van der Waals surface area contributed by atoms with Gasteiger partial charge in [-0.05, 0) is 36.2 Å². The maximum absolute atomic E-state index is 11.9. The number of benzene rings is 2. The van der Waals surface area contributed by atoms with E-state index in [4.69, 9.17) is 14.7 Å². The van der Waals surface area contributed by atoms with Gasteiger partial charge in [0.1, 0.15) is 12.4 Å². The number of nitrogens with zero attached hydrogens (tertiary/aromatic N) is 1. The molecule has 22 heavy (non-hydrogen) atoms. The minimum atomic E-state index is -0.361. The summed E-state index contributed by atoms with van der Waals surface area (Å²) >= 11 is 0. The number of nitriles is 1. The predicted molar refractivity (Wildman–Crippen MR) is 82.3 cm³/mol. The standard InChI is InChI=1S/C18H17NO3/c19-12-4-5-13-21-17-10-8-16(9-11-17)18(20)22-14-15-6-2-1-3-7-15/h1-3,6-11H,4-5,13-14H2. The van der Waals surface area contributed by atoms with Crippen LogP contribution in [-0.4, -0.2) is 12.6 Å². The van der Waals surface area contributed by atoms with Gasteiger partial charge < -0.3 is 9.47 Å². The van der Waals surface area contributed by atoms with E-state index in [1.165, 1.54) is 0 Å². The van der Waals surface area contributed by atoms with E-state index >= 15 is 0 Å². The SMILES string of the molecule is N#CCCCOc1ccc(C(=O)OCc2ccccc2)cc1. The fourth-order valence-electron chi connectivity index (χ4n) is 1.83. The van der Waals surface area contributed by atoms with E-state index in [-0.39, 0.29) is 12.6 Å². The van der Waals surface area contributed by atoms with Crippen molar-refractivity contribution < 1.29 is 14.3 Å². The number of unbranched alkanes of at least 4 members (excludes halogenated alkanes) is 1. The van der Waals surface area contributed by atoms with Crippen LogP contribution in [0.3, 0.4) is 0 Å². The van der Waals surface area contributed by atoms with Gasteiger partial charge in [0.05, 0.1) is 18.2 Å². The molecule has 112 valence electrons. The Labute approximate surface area is 129 Å². The molecule has 0 spiro atoms. The molecule has 0 bridgehead atoms. The van der Waals surface area contributed by atoms with Crippen molar-refractivity contribution in [2.24, 2.45) is 0 Å². The van der Waals surface area contributed by atoms with E-state index in [1.54, 1.807) is 24.3 Å². The largest absolute Gasteiger partial charge is 0.494 e. The first-order chi connectivity index (χ1) is 10.8. The molecule has 0 aliphatic rings. The second-order valence-electron chi connectivity index (χ2n) is 4.70. The lowest BCUT2D eigenvalue weighted by Gasteiger charge is -2.07. The van der Waals surface area contributed by atoms with Crippen LogP contribution in [0.5, 0.6) is 5.75 Å². The van der Waals surface area contributed by atoms with Crippen molar-refractivity contribution in [2.45, 2.75) is 19.4 Å². The van der Waals surface area contributed by atoms with Crippen LogP contribution in [0, 0.1) is 11.3 Å². The molecule has 0 unspecified atom stereocenters. The molecule has 0 atom stereocenters. The molecule has 4 nitrogen and oxygen atoms in total. The van der Waals surface area contributed by atoms with Crippen LogP contribution in [0.4, 0.5) is 0 Å². The van der Waals surface area contributed by atoms with E-state index in [9.17, 15) is 4.79 Å². The number of rotatable bonds is 7. The van der Waals surface area contributed by atoms with Gasteiger partial charge in [-0.1, -0.05) is 30.3 Å². The van der Waals surface area contributed by atoms with Crippen LogP contribution in [0.2, 0.25) is 0 Å². The van der Waals surface area contributed by atoms with Gasteiger partial charge in [-0.25, -0.2) is 4.79 Å². The highest BCUT2D eigenvalue weighted by Gasteiger charge is 2.07. The molecule has 0 fully saturated rings. The highest BCUT2D eigenvalue weighted by Crippen LogP contribution is 2.14. The monoisotopic (exact) mass is 295 g/mol. The lowest BCUT2D eigenvalue weighted by atomic mass is 10.2. The first-order valence-electron chi connectivity index (χ1n) is 7.10. The van der Waals surface area contributed by atoms with Crippen molar-refractivity contribution in [1.29, 1.82) is 5.26 Å². The van der Waals surface area contributed by atoms with Crippen molar-refractivity contribution >= 4 is 5.97 Å². The summed E-state index contributed by atoms with van der Waals surface area (Å²) in [6.45, 7) is 0.747. The summed E-state index contributed by atoms with van der Waals surface area (Å²) in [6, 6.07) is 18.4. The topological polar surface area (TPSA) is 59.3 Å². The zero-order chi connectivity index (χ0) is 15.6. The third kappa shape index (κ3) is 4.95. The first kappa shape index (κ1) is 15.6. The Kier molecular flexibility index (Phi) is 6.01. The summed E-state index contributed by atoms with van der Waals surface area (Å²) in [7, 11) is 0. The molecule has 2 aromatic rings. The van der Waals surface area contributed by atoms with Gasteiger partial charge in [0.2, 0.25) is 0 Å². The summed E-state index contributed by atoms with van der Waals surface area (Å²) in [4.78, 5) is 11.9. The summed E-state index contributed by atoms with van der Waals surface area (Å²) < 4.78 is 10.7. The van der Waals surface area contributed by atoms with E-state index in [1.807, 2.05) is 30.3 Å². The normalized spacial score (nSPS) is 9.77.